The van der Waals surface area contributed by atoms with Crippen LogP contribution in [-0.2, 0) is 13.6 Å². The molecule has 0 amide bonds. The number of aromatic nitrogens is 2. The van der Waals surface area contributed by atoms with Gasteiger partial charge in [0.1, 0.15) is 11.6 Å². The van der Waals surface area contributed by atoms with Gasteiger partial charge in [-0.2, -0.15) is 0 Å². The molecule has 0 bridgehead atoms. The zero-order valence-corrected chi connectivity index (χ0v) is 16.9. The van der Waals surface area contributed by atoms with Gasteiger partial charge >= 0.3 is 0 Å². The first-order valence-electron chi connectivity index (χ1n) is 8.09. The monoisotopic (exact) mass is 458 g/mol. The molecule has 0 radical (unpaired) electrons. The van der Waals surface area contributed by atoms with E-state index in [9.17, 15) is 4.39 Å². The average molecular weight is 458 g/mol. The molecule has 1 aromatic heterocycles. The van der Waals surface area contributed by atoms with E-state index in [1.807, 2.05) is 29.9 Å². The molecule has 1 saturated heterocycles. The van der Waals surface area contributed by atoms with E-state index in [-0.39, 0.29) is 29.8 Å². The van der Waals surface area contributed by atoms with E-state index in [0.717, 1.165) is 43.7 Å². The molecule has 1 aromatic carbocycles. The second-order valence-corrected chi connectivity index (χ2v) is 5.81. The van der Waals surface area contributed by atoms with E-state index in [2.05, 4.69) is 25.1 Å². The Balaban J connectivity index is 0.00000225. The lowest BCUT2D eigenvalue weighted by molar-refractivity contribution is 0.371. The molecule has 0 saturated carbocycles. The molecule has 0 spiro atoms. The summed E-state index contributed by atoms with van der Waals surface area (Å²) in [7, 11) is 3.78. The van der Waals surface area contributed by atoms with Crippen molar-refractivity contribution in [1.29, 1.82) is 0 Å². The normalized spacial score (nSPS) is 15.1. The number of hydrogen-bond acceptors (Lipinski definition) is 3. The van der Waals surface area contributed by atoms with Crippen LogP contribution in [0.4, 0.5) is 10.1 Å². The number of nitrogens with one attached hydrogen (secondary N) is 1. The third-order valence-electron chi connectivity index (χ3n) is 4.31. The van der Waals surface area contributed by atoms with Gasteiger partial charge in [-0.3, -0.25) is 4.99 Å². The summed E-state index contributed by atoms with van der Waals surface area (Å²) in [5.74, 6) is 1.66. The molecule has 25 heavy (non-hydrogen) atoms. The minimum Gasteiger partial charge on any atom is -0.368 e. The third kappa shape index (κ3) is 4.83. The topological polar surface area (TPSA) is 48.7 Å². The number of anilines is 1. The molecule has 0 atom stereocenters. The summed E-state index contributed by atoms with van der Waals surface area (Å²) in [5.41, 5.74) is 1.06. The number of halogens is 2. The zero-order valence-electron chi connectivity index (χ0n) is 14.5. The third-order valence-corrected chi connectivity index (χ3v) is 4.31. The molecular formula is C17H24FIN6. The highest BCUT2D eigenvalue weighted by molar-refractivity contribution is 14.0. The van der Waals surface area contributed by atoms with Crippen molar-refractivity contribution in [2.45, 2.75) is 6.54 Å². The fraction of sp³-hybridized carbons (Fsp3) is 0.412. The number of benzene rings is 1. The lowest BCUT2D eigenvalue weighted by Gasteiger charge is -2.37. The first kappa shape index (κ1) is 19.5. The number of aryl methyl sites for hydroxylation is 1. The summed E-state index contributed by atoms with van der Waals surface area (Å²) < 4.78 is 15.0. The number of piperazine rings is 1. The van der Waals surface area contributed by atoms with E-state index in [4.69, 9.17) is 0 Å². The minimum absolute atomic E-state index is 0. The molecule has 0 unspecified atom stereocenters. The summed E-state index contributed by atoms with van der Waals surface area (Å²) in [6.45, 7) is 4.16. The molecular weight excluding hydrogens is 434 g/mol. The number of rotatable bonds is 3. The molecule has 1 N–H and O–H groups in total. The molecule has 1 aliphatic rings. The number of nitrogens with zero attached hydrogens (tertiary/aromatic N) is 5. The molecule has 3 rings (SSSR count). The van der Waals surface area contributed by atoms with Crippen molar-refractivity contribution < 1.29 is 4.39 Å². The van der Waals surface area contributed by atoms with Crippen molar-refractivity contribution >= 4 is 35.6 Å². The second kappa shape index (κ2) is 9.02. The van der Waals surface area contributed by atoms with Gasteiger partial charge in [0, 0.05) is 58.4 Å². The van der Waals surface area contributed by atoms with Crippen molar-refractivity contribution in [3.8, 4) is 0 Å². The van der Waals surface area contributed by atoms with Gasteiger partial charge in [-0.15, -0.1) is 24.0 Å². The van der Waals surface area contributed by atoms with Gasteiger partial charge in [0.05, 0.1) is 6.54 Å². The van der Waals surface area contributed by atoms with Crippen LogP contribution in [0.2, 0.25) is 0 Å². The van der Waals surface area contributed by atoms with Gasteiger partial charge in [0.2, 0.25) is 0 Å². The molecule has 1 aliphatic heterocycles. The Labute approximate surface area is 164 Å². The Hall–Kier alpha value is -1.84. The van der Waals surface area contributed by atoms with Crippen molar-refractivity contribution in [2.24, 2.45) is 12.0 Å². The van der Waals surface area contributed by atoms with E-state index in [0.29, 0.717) is 6.54 Å². The molecule has 6 nitrogen and oxygen atoms in total. The smallest absolute Gasteiger partial charge is 0.194 e. The van der Waals surface area contributed by atoms with Crippen LogP contribution in [0, 0.1) is 5.82 Å². The lowest BCUT2D eigenvalue weighted by atomic mass is 10.2. The van der Waals surface area contributed by atoms with Crippen LogP contribution < -0.4 is 10.2 Å². The summed E-state index contributed by atoms with van der Waals surface area (Å²) in [6.07, 6.45) is 3.72. The largest absolute Gasteiger partial charge is 0.368 e. The summed E-state index contributed by atoms with van der Waals surface area (Å²) in [6, 6.07) is 6.68. The number of aliphatic imine (C=N–C) groups is 1. The van der Waals surface area contributed by atoms with Gasteiger partial charge in [-0.05, 0) is 24.3 Å². The maximum Gasteiger partial charge on any atom is 0.194 e. The lowest BCUT2D eigenvalue weighted by Crippen LogP contribution is -2.52. The van der Waals surface area contributed by atoms with E-state index >= 15 is 0 Å². The summed E-state index contributed by atoms with van der Waals surface area (Å²) >= 11 is 0. The van der Waals surface area contributed by atoms with Gasteiger partial charge in [0.25, 0.3) is 0 Å². The van der Waals surface area contributed by atoms with Gasteiger partial charge in [0.15, 0.2) is 5.96 Å². The molecule has 136 valence electrons. The van der Waals surface area contributed by atoms with Crippen LogP contribution in [0.3, 0.4) is 0 Å². The Kier molecular flexibility index (Phi) is 7.03. The summed E-state index contributed by atoms with van der Waals surface area (Å²) in [4.78, 5) is 13.2. The van der Waals surface area contributed by atoms with Crippen molar-refractivity contribution in [3.63, 3.8) is 0 Å². The quantitative estimate of drug-likeness (QED) is 0.435. The van der Waals surface area contributed by atoms with Crippen LogP contribution in [0.25, 0.3) is 0 Å². The van der Waals surface area contributed by atoms with Crippen LogP contribution in [0.1, 0.15) is 5.82 Å². The fourth-order valence-corrected chi connectivity index (χ4v) is 2.89. The first-order valence-corrected chi connectivity index (χ1v) is 8.09. The summed E-state index contributed by atoms with van der Waals surface area (Å²) in [5, 5.41) is 3.37. The highest BCUT2D eigenvalue weighted by Gasteiger charge is 2.20. The van der Waals surface area contributed by atoms with Crippen molar-refractivity contribution in [2.75, 3.05) is 38.1 Å². The number of hydrogen-bond donors (Lipinski definition) is 1. The molecule has 8 heteroatoms. The molecule has 2 heterocycles. The van der Waals surface area contributed by atoms with Crippen molar-refractivity contribution in [3.05, 3.63) is 48.3 Å². The second-order valence-electron chi connectivity index (χ2n) is 5.81. The van der Waals surface area contributed by atoms with Gasteiger partial charge in [-0.25, -0.2) is 9.37 Å². The predicted molar refractivity (Wildman–Crippen MR) is 109 cm³/mol. The number of imidazole rings is 1. The van der Waals surface area contributed by atoms with E-state index < -0.39 is 0 Å². The zero-order chi connectivity index (χ0) is 16.9. The standard InChI is InChI=1S/C17H23FN6.HI/c1-19-17(21-13-16-20-7-8-22(16)2)24-11-9-23(10-12-24)15-5-3-14(18)4-6-15;/h3-8H,9-13H2,1-2H3,(H,19,21);1H. The maximum absolute atomic E-state index is 13.0. The van der Waals surface area contributed by atoms with Crippen LogP contribution in [-0.4, -0.2) is 53.6 Å². The SMILES string of the molecule is CN=C(NCc1nccn1C)N1CCN(c2ccc(F)cc2)CC1.I. The maximum atomic E-state index is 13.0. The van der Waals surface area contributed by atoms with Crippen LogP contribution in [0.15, 0.2) is 41.7 Å². The van der Waals surface area contributed by atoms with Gasteiger partial charge in [-0.1, -0.05) is 0 Å². The molecule has 2 aromatic rings. The molecule has 1 fully saturated rings. The highest BCUT2D eigenvalue weighted by atomic mass is 127. The Bertz CT molecular complexity index is 691. The Morgan fingerprint density at radius 3 is 2.44 bits per heavy atom. The average Bonchev–Trinajstić information content (AvgIpc) is 3.02. The Morgan fingerprint density at radius 2 is 1.88 bits per heavy atom. The molecule has 0 aliphatic carbocycles. The highest BCUT2D eigenvalue weighted by Crippen LogP contribution is 2.16. The van der Waals surface area contributed by atoms with E-state index in [1.165, 1.54) is 12.1 Å². The van der Waals surface area contributed by atoms with E-state index in [1.54, 1.807) is 13.2 Å². The van der Waals surface area contributed by atoms with Crippen LogP contribution in [0.5, 0.6) is 0 Å². The fourth-order valence-electron chi connectivity index (χ4n) is 2.89. The number of guanidine groups is 1. The van der Waals surface area contributed by atoms with Crippen molar-refractivity contribution in [1.82, 2.24) is 19.8 Å². The Morgan fingerprint density at radius 1 is 1.20 bits per heavy atom. The first-order chi connectivity index (χ1) is 11.7. The van der Waals surface area contributed by atoms with Crippen LogP contribution >= 0.6 is 24.0 Å². The van der Waals surface area contributed by atoms with Gasteiger partial charge < -0.3 is 19.7 Å². The predicted octanol–water partition coefficient (Wildman–Crippen LogP) is 2.07. The minimum atomic E-state index is -0.198.